The van der Waals surface area contributed by atoms with Gasteiger partial charge in [-0.3, -0.25) is 4.98 Å². The van der Waals surface area contributed by atoms with Gasteiger partial charge in [-0.15, -0.1) is 0 Å². The molecule has 3 nitrogen and oxygen atoms in total. The largest absolute Gasteiger partial charge is 0.343 e. The van der Waals surface area contributed by atoms with Crippen LogP contribution in [0.25, 0.3) is 6.08 Å². The van der Waals surface area contributed by atoms with Crippen LogP contribution in [0.4, 0.5) is 0 Å². The summed E-state index contributed by atoms with van der Waals surface area (Å²) in [7, 11) is 0. The van der Waals surface area contributed by atoms with Gasteiger partial charge in [0.1, 0.15) is 0 Å². The molecule has 0 amide bonds. The molecule has 3 heteroatoms. The summed E-state index contributed by atoms with van der Waals surface area (Å²) >= 11 is 0. The average molecular weight is 190 g/mol. The molecular formula is C11H12NO2. The Kier molecular flexibility index (Phi) is 3.27. The predicted molar refractivity (Wildman–Crippen MR) is 53.0 cm³/mol. The first-order valence-corrected chi connectivity index (χ1v) is 4.63. The van der Waals surface area contributed by atoms with Crippen molar-refractivity contribution in [3.05, 3.63) is 42.5 Å². The van der Waals surface area contributed by atoms with E-state index in [1.165, 1.54) is 0 Å². The fraction of sp³-hybridized carbons (Fsp3) is 0.273. The number of rotatable bonds is 3. The van der Waals surface area contributed by atoms with E-state index in [0.29, 0.717) is 13.2 Å². The van der Waals surface area contributed by atoms with E-state index in [-0.39, 0.29) is 0 Å². The quantitative estimate of drug-likeness (QED) is 0.730. The summed E-state index contributed by atoms with van der Waals surface area (Å²) in [6.45, 7) is 1.36. The lowest BCUT2D eigenvalue weighted by Gasteiger charge is -2.01. The Labute approximate surface area is 83.4 Å². The number of pyridine rings is 1. The molecule has 1 aliphatic heterocycles. The molecule has 1 radical (unpaired) electrons. The summed E-state index contributed by atoms with van der Waals surface area (Å²) in [4.78, 5) is 3.94. The minimum Gasteiger partial charge on any atom is -0.343 e. The second-order valence-corrected chi connectivity index (χ2v) is 2.96. The molecule has 1 saturated heterocycles. The van der Waals surface area contributed by atoms with E-state index in [1.54, 1.807) is 12.4 Å². The fourth-order valence-corrected chi connectivity index (χ4v) is 1.24. The van der Waals surface area contributed by atoms with Crippen LogP contribution < -0.4 is 0 Å². The summed E-state index contributed by atoms with van der Waals surface area (Å²) in [5.41, 5.74) is 1.14. The fourth-order valence-electron chi connectivity index (χ4n) is 1.24. The topological polar surface area (TPSA) is 31.4 Å². The zero-order chi connectivity index (χ0) is 9.64. The lowest BCUT2D eigenvalue weighted by atomic mass is 10.2. The molecule has 2 rings (SSSR count). The molecule has 0 aliphatic carbocycles. The van der Waals surface area contributed by atoms with Gasteiger partial charge < -0.3 is 9.47 Å². The Morgan fingerprint density at radius 2 is 1.93 bits per heavy atom. The van der Waals surface area contributed by atoms with Crippen LogP contribution in [0.5, 0.6) is 0 Å². The molecule has 0 unspecified atom stereocenters. The van der Waals surface area contributed by atoms with Crippen molar-refractivity contribution in [1.29, 1.82) is 0 Å². The van der Waals surface area contributed by atoms with Crippen molar-refractivity contribution in [1.82, 2.24) is 4.98 Å². The van der Waals surface area contributed by atoms with Crippen molar-refractivity contribution in [3.63, 3.8) is 0 Å². The van der Waals surface area contributed by atoms with Gasteiger partial charge in [-0.1, -0.05) is 12.2 Å². The number of nitrogens with zero attached hydrogens (tertiary/aromatic N) is 1. The van der Waals surface area contributed by atoms with Crippen molar-refractivity contribution in [2.75, 3.05) is 13.2 Å². The van der Waals surface area contributed by atoms with Crippen LogP contribution >= 0.6 is 0 Å². The standard InChI is InChI=1S/C11H12NO2/c1(3-11-13-8-9-14-11)2-10-4-6-12-7-5-10/h1-2,4-7H,3,8-9H2. The second kappa shape index (κ2) is 4.88. The molecule has 0 bridgehead atoms. The van der Waals surface area contributed by atoms with Crippen molar-refractivity contribution < 1.29 is 9.47 Å². The molecule has 0 saturated carbocycles. The number of hydrogen-bond acceptors (Lipinski definition) is 3. The van der Waals surface area contributed by atoms with Crippen LogP contribution in [0.3, 0.4) is 0 Å². The minimum atomic E-state index is 0.679. The maximum Gasteiger partial charge on any atom is 0.227 e. The van der Waals surface area contributed by atoms with Gasteiger partial charge in [0.05, 0.1) is 13.2 Å². The third-order valence-corrected chi connectivity index (χ3v) is 1.91. The van der Waals surface area contributed by atoms with Gasteiger partial charge in [-0.25, -0.2) is 0 Å². The molecule has 0 N–H and O–H groups in total. The lowest BCUT2D eigenvalue weighted by Crippen LogP contribution is -1.93. The highest BCUT2D eigenvalue weighted by atomic mass is 16.7. The van der Waals surface area contributed by atoms with Crippen molar-refractivity contribution in [2.24, 2.45) is 0 Å². The number of aromatic nitrogens is 1. The van der Waals surface area contributed by atoms with Crippen molar-refractivity contribution >= 4 is 6.08 Å². The van der Waals surface area contributed by atoms with Gasteiger partial charge in [0.25, 0.3) is 0 Å². The van der Waals surface area contributed by atoms with Crippen LogP contribution in [0, 0.1) is 6.29 Å². The third-order valence-electron chi connectivity index (χ3n) is 1.91. The molecule has 0 aromatic carbocycles. The van der Waals surface area contributed by atoms with Gasteiger partial charge in [0.15, 0.2) is 0 Å². The van der Waals surface area contributed by atoms with Crippen molar-refractivity contribution in [3.8, 4) is 0 Å². The Balaban J connectivity index is 1.82. The SMILES string of the molecule is C(=Cc1ccncc1)C[C]1OCCO1. The highest BCUT2D eigenvalue weighted by molar-refractivity contribution is 5.47. The molecule has 1 fully saturated rings. The maximum absolute atomic E-state index is 5.22. The zero-order valence-corrected chi connectivity index (χ0v) is 7.85. The highest BCUT2D eigenvalue weighted by Crippen LogP contribution is 2.16. The monoisotopic (exact) mass is 190 g/mol. The average Bonchev–Trinajstić information content (AvgIpc) is 2.72. The molecule has 1 aliphatic rings. The summed E-state index contributed by atoms with van der Waals surface area (Å²) in [5.74, 6) is 0. The number of ether oxygens (including phenoxy) is 2. The van der Waals surface area contributed by atoms with Crippen molar-refractivity contribution in [2.45, 2.75) is 6.42 Å². The van der Waals surface area contributed by atoms with Gasteiger partial charge >= 0.3 is 0 Å². The van der Waals surface area contributed by atoms with E-state index >= 15 is 0 Å². The van der Waals surface area contributed by atoms with Crippen LogP contribution in [-0.2, 0) is 9.47 Å². The highest BCUT2D eigenvalue weighted by Gasteiger charge is 2.15. The Morgan fingerprint density at radius 3 is 2.64 bits per heavy atom. The van der Waals surface area contributed by atoms with E-state index < -0.39 is 0 Å². The van der Waals surface area contributed by atoms with Gasteiger partial charge in [-0.05, 0) is 17.7 Å². The molecule has 73 valence electrons. The Hall–Kier alpha value is -1.19. The van der Waals surface area contributed by atoms with Gasteiger partial charge in [0, 0.05) is 18.8 Å². The minimum absolute atomic E-state index is 0.679. The molecule has 2 heterocycles. The molecule has 14 heavy (non-hydrogen) atoms. The summed E-state index contributed by atoms with van der Waals surface area (Å²) in [6, 6.07) is 3.91. The summed E-state index contributed by atoms with van der Waals surface area (Å²) in [5, 5.41) is 0. The zero-order valence-electron chi connectivity index (χ0n) is 7.85. The first kappa shape index (κ1) is 9.37. The third kappa shape index (κ3) is 2.65. The second-order valence-electron chi connectivity index (χ2n) is 2.96. The molecule has 0 atom stereocenters. The van der Waals surface area contributed by atoms with E-state index in [0.717, 1.165) is 18.3 Å². The maximum atomic E-state index is 5.22. The van der Waals surface area contributed by atoms with E-state index in [2.05, 4.69) is 4.98 Å². The van der Waals surface area contributed by atoms with E-state index in [4.69, 9.17) is 9.47 Å². The van der Waals surface area contributed by atoms with E-state index in [1.807, 2.05) is 24.3 Å². The predicted octanol–water partition coefficient (Wildman–Crippen LogP) is 2.02. The molecule has 0 spiro atoms. The van der Waals surface area contributed by atoms with E-state index in [9.17, 15) is 0 Å². The first-order chi connectivity index (χ1) is 6.95. The first-order valence-electron chi connectivity index (χ1n) is 4.63. The summed E-state index contributed by atoms with van der Waals surface area (Å²) < 4.78 is 10.4. The van der Waals surface area contributed by atoms with Crippen LogP contribution in [0.2, 0.25) is 0 Å². The van der Waals surface area contributed by atoms with Gasteiger partial charge in [-0.2, -0.15) is 0 Å². The lowest BCUT2D eigenvalue weighted by molar-refractivity contribution is 0.0736. The van der Waals surface area contributed by atoms with Crippen LogP contribution in [-0.4, -0.2) is 18.2 Å². The normalized spacial score (nSPS) is 18.0. The number of hydrogen-bond donors (Lipinski definition) is 0. The Bertz CT molecular complexity index is 291. The Morgan fingerprint density at radius 1 is 1.21 bits per heavy atom. The van der Waals surface area contributed by atoms with Crippen LogP contribution in [0.1, 0.15) is 12.0 Å². The smallest absolute Gasteiger partial charge is 0.227 e. The molecule has 1 aromatic rings. The van der Waals surface area contributed by atoms with Crippen LogP contribution in [0.15, 0.2) is 30.6 Å². The molecular weight excluding hydrogens is 178 g/mol. The van der Waals surface area contributed by atoms with Gasteiger partial charge in [0.2, 0.25) is 6.29 Å². The summed E-state index contributed by atoms with van der Waals surface area (Å²) in [6.07, 6.45) is 9.04. The molecule has 1 aromatic heterocycles.